The van der Waals surface area contributed by atoms with Gasteiger partial charge in [-0.15, -0.1) is 0 Å². The molecular formula is C29H31NO6. The summed E-state index contributed by atoms with van der Waals surface area (Å²) in [5.74, 6) is -0.597. The molecule has 3 aromatic rings. The molecule has 7 heteroatoms. The third-order valence-corrected chi connectivity index (χ3v) is 5.29. The summed E-state index contributed by atoms with van der Waals surface area (Å²) in [7, 11) is 1.53. The van der Waals surface area contributed by atoms with Crippen LogP contribution in [0.3, 0.4) is 0 Å². The second-order valence-corrected chi connectivity index (χ2v) is 9.32. The Morgan fingerprint density at radius 1 is 0.806 bits per heavy atom. The lowest BCUT2D eigenvalue weighted by atomic mass is 9.94. The van der Waals surface area contributed by atoms with E-state index in [0.717, 1.165) is 5.56 Å². The number of Topliss-reactive ketones (excluding diaryl/α,β-unsaturated/α-hetero) is 1. The number of aryl methyl sites for hydroxylation is 1. The highest BCUT2D eigenvalue weighted by atomic mass is 16.6. The van der Waals surface area contributed by atoms with Crippen LogP contribution in [0, 0.1) is 6.92 Å². The van der Waals surface area contributed by atoms with Gasteiger partial charge in [0.15, 0.2) is 6.10 Å². The minimum atomic E-state index is -1.37. The van der Waals surface area contributed by atoms with Crippen LogP contribution < -0.4 is 10.1 Å². The minimum absolute atomic E-state index is 0.282. The summed E-state index contributed by atoms with van der Waals surface area (Å²) < 4.78 is 16.4. The summed E-state index contributed by atoms with van der Waals surface area (Å²) in [6.45, 7) is 7.14. The number of hydrogen-bond acceptors (Lipinski definition) is 6. The minimum Gasteiger partial charge on any atom is -0.497 e. The molecule has 3 rings (SSSR count). The summed E-state index contributed by atoms with van der Waals surface area (Å²) in [4.78, 5) is 39.6. The van der Waals surface area contributed by atoms with Gasteiger partial charge in [-0.2, -0.15) is 0 Å². The number of carbonyl (C=O) groups is 3. The fourth-order valence-electron chi connectivity index (χ4n) is 3.49. The summed E-state index contributed by atoms with van der Waals surface area (Å²) >= 11 is 0. The Morgan fingerprint density at radius 3 is 1.97 bits per heavy atom. The predicted molar refractivity (Wildman–Crippen MR) is 136 cm³/mol. The number of benzene rings is 3. The van der Waals surface area contributed by atoms with Gasteiger partial charge in [0.05, 0.1) is 12.7 Å². The Labute approximate surface area is 211 Å². The van der Waals surface area contributed by atoms with Crippen molar-refractivity contribution in [2.75, 3.05) is 7.11 Å². The topological polar surface area (TPSA) is 90.9 Å². The molecule has 1 N–H and O–H groups in total. The highest BCUT2D eigenvalue weighted by Gasteiger charge is 2.36. The number of esters is 1. The lowest BCUT2D eigenvalue weighted by Crippen LogP contribution is -2.44. The van der Waals surface area contributed by atoms with Crippen LogP contribution >= 0.6 is 0 Å². The maximum absolute atomic E-state index is 13.7. The molecule has 0 aliphatic carbocycles. The van der Waals surface area contributed by atoms with Gasteiger partial charge in [-0.3, -0.25) is 4.79 Å². The summed E-state index contributed by atoms with van der Waals surface area (Å²) in [6, 6.07) is 21.1. The van der Waals surface area contributed by atoms with E-state index >= 15 is 0 Å². The largest absolute Gasteiger partial charge is 0.497 e. The van der Waals surface area contributed by atoms with Crippen LogP contribution in [0.5, 0.6) is 5.75 Å². The van der Waals surface area contributed by atoms with Gasteiger partial charge in [0.1, 0.15) is 17.4 Å². The van der Waals surface area contributed by atoms with Gasteiger partial charge in [-0.25, -0.2) is 9.59 Å². The van der Waals surface area contributed by atoms with Gasteiger partial charge in [0, 0.05) is 5.56 Å². The molecule has 0 aliphatic rings. The van der Waals surface area contributed by atoms with Gasteiger partial charge in [-0.05, 0) is 69.7 Å². The molecule has 0 saturated heterocycles. The third kappa shape index (κ3) is 7.18. The maximum Gasteiger partial charge on any atom is 0.408 e. The molecule has 7 nitrogen and oxygen atoms in total. The standard InChI is InChI=1S/C29H31NO6/c1-19-11-13-20(14-12-19)24(30-28(33)36-29(2,3)4)26(35-27(32)22-9-7-6-8-10-22)25(31)21-15-17-23(34-5)18-16-21/h6-18,24,26H,1-5H3,(H,30,33). The van der Waals surface area contributed by atoms with E-state index in [1.165, 1.54) is 7.11 Å². The van der Waals surface area contributed by atoms with Gasteiger partial charge in [-0.1, -0.05) is 48.0 Å². The lowest BCUT2D eigenvalue weighted by Gasteiger charge is -2.29. The number of nitrogens with one attached hydrogen (secondary N) is 1. The molecule has 0 radical (unpaired) electrons. The summed E-state index contributed by atoms with van der Waals surface area (Å²) in [5.41, 5.74) is 1.39. The number of rotatable bonds is 8. The average Bonchev–Trinajstić information content (AvgIpc) is 2.85. The van der Waals surface area contributed by atoms with Crippen LogP contribution in [0.2, 0.25) is 0 Å². The monoisotopic (exact) mass is 489 g/mol. The van der Waals surface area contributed by atoms with Crippen molar-refractivity contribution in [3.63, 3.8) is 0 Å². The van der Waals surface area contributed by atoms with Gasteiger partial charge >= 0.3 is 12.1 Å². The van der Waals surface area contributed by atoms with E-state index in [0.29, 0.717) is 16.9 Å². The molecule has 36 heavy (non-hydrogen) atoms. The highest BCUT2D eigenvalue weighted by molar-refractivity contribution is 6.02. The van der Waals surface area contributed by atoms with E-state index in [1.54, 1.807) is 87.5 Å². The van der Waals surface area contributed by atoms with Crippen molar-refractivity contribution in [2.45, 2.75) is 45.4 Å². The Kier molecular flexibility index (Phi) is 8.48. The van der Waals surface area contributed by atoms with Crippen LogP contribution in [0.1, 0.15) is 58.7 Å². The van der Waals surface area contributed by atoms with E-state index in [9.17, 15) is 14.4 Å². The van der Waals surface area contributed by atoms with Gasteiger partial charge in [0.25, 0.3) is 0 Å². The molecule has 0 saturated carbocycles. The zero-order valence-electron chi connectivity index (χ0n) is 21.1. The number of ether oxygens (including phenoxy) is 3. The second kappa shape index (κ2) is 11.5. The van der Waals surface area contributed by atoms with Crippen molar-refractivity contribution < 1.29 is 28.6 Å². The van der Waals surface area contributed by atoms with Crippen LogP contribution in [-0.4, -0.2) is 36.7 Å². The fraction of sp³-hybridized carbons (Fsp3) is 0.276. The zero-order valence-corrected chi connectivity index (χ0v) is 21.1. The molecule has 1 amide bonds. The van der Waals surface area contributed by atoms with Crippen molar-refractivity contribution in [2.24, 2.45) is 0 Å². The van der Waals surface area contributed by atoms with E-state index in [4.69, 9.17) is 14.2 Å². The van der Waals surface area contributed by atoms with Crippen molar-refractivity contribution in [1.82, 2.24) is 5.32 Å². The average molecular weight is 490 g/mol. The Balaban J connectivity index is 2.05. The SMILES string of the molecule is COc1ccc(C(=O)C(OC(=O)c2ccccc2)C(NC(=O)OC(C)(C)C)c2ccc(C)cc2)cc1. The maximum atomic E-state index is 13.7. The number of carbonyl (C=O) groups excluding carboxylic acids is 3. The first-order valence-corrected chi connectivity index (χ1v) is 11.6. The van der Waals surface area contributed by atoms with Crippen LogP contribution in [0.25, 0.3) is 0 Å². The molecule has 0 spiro atoms. The Morgan fingerprint density at radius 2 is 1.42 bits per heavy atom. The molecule has 0 fully saturated rings. The second-order valence-electron chi connectivity index (χ2n) is 9.32. The molecule has 188 valence electrons. The van der Waals surface area contributed by atoms with Crippen LogP contribution in [-0.2, 0) is 9.47 Å². The van der Waals surface area contributed by atoms with Crippen molar-refractivity contribution in [3.8, 4) is 5.75 Å². The molecule has 2 unspecified atom stereocenters. The molecule has 0 aromatic heterocycles. The molecule has 0 heterocycles. The fourth-order valence-corrected chi connectivity index (χ4v) is 3.49. The number of ketones is 1. The van der Waals surface area contributed by atoms with Gasteiger partial charge in [0.2, 0.25) is 5.78 Å². The van der Waals surface area contributed by atoms with E-state index in [1.807, 2.05) is 19.1 Å². The Hall–Kier alpha value is -4.13. The predicted octanol–water partition coefficient (Wildman–Crippen LogP) is 5.68. The van der Waals surface area contributed by atoms with Crippen molar-refractivity contribution in [3.05, 3.63) is 101 Å². The smallest absolute Gasteiger partial charge is 0.408 e. The highest BCUT2D eigenvalue weighted by Crippen LogP contribution is 2.26. The molecule has 2 atom stereocenters. The first-order chi connectivity index (χ1) is 17.1. The number of amides is 1. The van der Waals surface area contributed by atoms with E-state index in [-0.39, 0.29) is 5.56 Å². The van der Waals surface area contributed by atoms with Crippen molar-refractivity contribution >= 4 is 17.8 Å². The first kappa shape index (κ1) is 26.5. The summed E-state index contributed by atoms with van der Waals surface area (Å²) in [6.07, 6.45) is -2.11. The summed E-state index contributed by atoms with van der Waals surface area (Å²) in [5, 5.41) is 2.76. The van der Waals surface area contributed by atoms with Crippen LogP contribution in [0.4, 0.5) is 4.79 Å². The number of hydrogen-bond donors (Lipinski definition) is 1. The number of methoxy groups -OCH3 is 1. The third-order valence-electron chi connectivity index (χ3n) is 5.29. The lowest BCUT2D eigenvalue weighted by molar-refractivity contribution is 0.0149. The molecular weight excluding hydrogens is 458 g/mol. The Bertz CT molecular complexity index is 1180. The first-order valence-electron chi connectivity index (χ1n) is 11.6. The van der Waals surface area contributed by atoms with E-state index < -0.39 is 35.6 Å². The quantitative estimate of drug-likeness (QED) is 0.323. The molecule has 0 aliphatic heterocycles. The normalized spacial score (nSPS) is 12.7. The molecule has 0 bridgehead atoms. The van der Waals surface area contributed by atoms with Gasteiger partial charge < -0.3 is 19.5 Å². The zero-order chi connectivity index (χ0) is 26.3. The van der Waals surface area contributed by atoms with Crippen molar-refractivity contribution in [1.29, 1.82) is 0 Å². The van der Waals surface area contributed by atoms with Crippen LogP contribution in [0.15, 0.2) is 78.9 Å². The molecule has 3 aromatic carbocycles. The van der Waals surface area contributed by atoms with E-state index in [2.05, 4.69) is 5.32 Å². The number of alkyl carbamates (subject to hydrolysis) is 1.